The smallest absolute Gasteiger partial charge is 0.410 e. The van der Waals surface area contributed by atoms with E-state index in [9.17, 15) is 9.18 Å². The Morgan fingerprint density at radius 1 is 0.640 bits per heavy atom. The number of pyridine rings is 2. The van der Waals surface area contributed by atoms with Gasteiger partial charge in [-0.1, -0.05) is 23.2 Å². The highest BCUT2D eigenvalue weighted by Crippen LogP contribution is 2.44. The largest absolute Gasteiger partial charge is 0.456 e. The average molecular weight is 1270 g/mol. The molecule has 0 radical (unpaired) electrons. The summed E-state index contributed by atoms with van der Waals surface area (Å²) in [6.07, 6.45) is 7.64. The maximum absolute atomic E-state index is 15.5. The van der Waals surface area contributed by atoms with E-state index in [1.165, 1.54) is 24.8 Å². The zero-order valence-electron chi connectivity index (χ0n) is 51.3. The van der Waals surface area contributed by atoms with E-state index in [-0.39, 0.29) is 82.1 Å². The van der Waals surface area contributed by atoms with E-state index in [1.54, 1.807) is 30.0 Å². The quantitative estimate of drug-likeness (QED) is 0.113. The minimum Gasteiger partial charge on any atom is -0.456 e. The Morgan fingerprint density at radius 2 is 1.18 bits per heavy atom. The number of fused-ring (bicyclic) bond motifs is 4. The number of aromatic amines is 1. The first-order valence-corrected chi connectivity index (χ1v) is 30.8. The lowest BCUT2D eigenvalue weighted by molar-refractivity contribution is -0.0367. The summed E-state index contributed by atoms with van der Waals surface area (Å²) >= 11 is 13.0. The first-order chi connectivity index (χ1) is 42.8. The third-order valence-electron chi connectivity index (χ3n) is 16.4. The van der Waals surface area contributed by atoms with Crippen LogP contribution in [-0.2, 0) is 18.9 Å². The number of aryl methyl sites for hydroxylation is 2. The summed E-state index contributed by atoms with van der Waals surface area (Å²) < 4.78 is 80.2. The van der Waals surface area contributed by atoms with Crippen LogP contribution in [-0.4, -0.2) is 201 Å². The molecule has 0 bridgehead atoms. The molecule has 24 nitrogen and oxygen atoms in total. The lowest BCUT2D eigenvalue weighted by Crippen LogP contribution is -2.50. The van der Waals surface area contributed by atoms with Crippen molar-refractivity contribution < 1.29 is 51.5 Å². The molecular weight excluding hydrogens is 1200 g/mol. The molecule has 5 saturated heterocycles. The predicted molar refractivity (Wildman–Crippen MR) is 330 cm³/mol. The van der Waals surface area contributed by atoms with Gasteiger partial charge in [0.2, 0.25) is 11.8 Å². The van der Waals surface area contributed by atoms with Crippen molar-refractivity contribution in [1.29, 1.82) is 0 Å². The molecule has 11 heterocycles. The molecule has 28 heteroatoms. The zero-order valence-corrected chi connectivity index (χ0v) is 52.8. The van der Waals surface area contributed by atoms with Crippen LogP contribution in [0.25, 0.3) is 43.6 Å². The number of rotatable bonds is 13. The summed E-state index contributed by atoms with van der Waals surface area (Å²) in [6, 6.07) is 6.79. The molecule has 5 aliphatic rings. The third kappa shape index (κ3) is 13.2. The van der Waals surface area contributed by atoms with Gasteiger partial charge in [-0.05, 0) is 99.4 Å². The molecule has 8 aromatic rings. The van der Waals surface area contributed by atoms with Gasteiger partial charge in [0.05, 0.1) is 45.0 Å². The Balaban J connectivity index is 0.000000180. The van der Waals surface area contributed by atoms with Crippen LogP contribution in [0, 0.1) is 25.5 Å². The maximum Gasteiger partial charge on any atom is 0.410 e. The average Bonchev–Trinajstić information content (AvgIpc) is 2.00. The van der Waals surface area contributed by atoms with E-state index in [0.29, 0.717) is 108 Å². The van der Waals surface area contributed by atoms with Crippen molar-refractivity contribution in [3.05, 3.63) is 69.7 Å². The van der Waals surface area contributed by atoms with E-state index in [4.69, 9.17) is 86.0 Å². The summed E-state index contributed by atoms with van der Waals surface area (Å²) in [6.45, 7) is 16.2. The number of hydrogen-bond acceptors (Lipinski definition) is 21. The van der Waals surface area contributed by atoms with Crippen molar-refractivity contribution in [3.63, 3.8) is 0 Å². The van der Waals surface area contributed by atoms with Crippen molar-refractivity contribution in [2.75, 3.05) is 110 Å². The fourth-order valence-corrected chi connectivity index (χ4v) is 12.5. The monoisotopic (exact) mass is 1270 g/mol. The number of likely N-dealkylation sites (tertiary alicyclic amines) is 2. The lowest BCUT2D eigenvalue weighted by Gasteiger charge is -2.36. The minimum atomic E-state index is -0.660. The van der Waals surface area contributed by atoms with Gasteiger partial charge < -0.3 is 52.6 Å². The van der Waals surface area contributed by atoms with Gasteiger partial charge in [-0.15, -0.1) is 0 Å². The van der Waals surface area contributed by atoms with Gasteiger partial charge in [-0.25, -0.2) is 28.2 Å². The third-order valence-corrected chi connectivity index (χ3v) is 17.2. The molecule has 5 atom stereocenters. The molecule has 5 fully saturated rings. The van der Waals surface area contributed by atoms with Crippen molar-refractivity contribution >= 4 is 84.5 Å². The normalized spacial score (nSPS) is 21.3. The Kier molecular flexibility index (Phi) is 18.0. The fourth-order valence-electron chi connectivity index (χ4n) is 12.1. The molecule has 2 aromatic carbocycles. The van der Waals surface area contributed by atoms with Gasteiger partial charge in [0, 0.05) is 110 Å². The molecule has 13 rings (SSSR count). The summed E-state index contributed by atoms with van der Waals surface area (Å²) in [5.74, 6) is 0.545. The number of nitrogens with one attached hydrogen (secondary N) is 1. The second-order valence-electron chi connectivity index (χ2n) is 24.3. The summed E-state index contributed by atoms with van der Waals surface area (Å²) in [5.41, 5.74) is 2.49. The number of likely N-dealkylation sites (N-methyl/N-ethyl adjacent to an activating group) is 2. The number of methoxy groups -OCH3 is 2. The lowest BCUT2D eigenvalue weighted by atomic mass is 10.1. The van der Waals surface area contributed by atoms with Crippen LogP contribution in [0.3, 0.4) is 0 Å². The van der Waals surface area contributed by atoms with E-state index in [2.05, 4.69) is 39.9 Å². The zero-order chi connectivity index (χ0) is 62.4. The summed E-state index contributed by atoms with van der Waals surface area (Å²) in [7, 11) is 7.35. The van der Waals surface area contributed by atoms with Gasteiger partial charge in [0.25, 0.3) is 0 Å². The molecule has 1 N–H and O–H groups in total. The first-order valence-electron chi connectivity index (χ1n) is 30.1. The van der Waals surface area contributed by atoms with Gasteiger partial charge in [-0.2, -0.15) is 30.1 Å². The van der Waals surface area contributed by atoms with Crippen LogP contribution in [0.15, 0.2) is 36.7 Å². The standard InChI is InChI=1S/C35H44ClFN8O6.C26H29ClFN7O3/c1-20-15-21-29(32(39-20)50-30-22-17-38-45(27-9-7-8-14-48-27)24(22)16-23(37)28(30)36)40-33(49-26-19-42(5)18-25(26)47-6)41-31(21)43-10-12-44(13-11-43)34(46)51-35(2,3)4;1-14-9-15-22(25(30-14)38-23-16-11-29-33-18(16)10-17(28)21(23)27)31-26(32-24(15)35-7-5-4-6-8-35)37-20-13-34(2)12-19(20)36-3/h15-17,25-27H,7-14,18-19H2,1-6H3;9-11,19-20H,4-8,12-13H2,1-3H3,(H,29,33)/t25-,26-,27?;19-,20-/m11/s1. The molecular formula is C61H73Cl2F2N15O9. The molecule has 0 aliphatic carbocycles. The van der Waals surface area contributed by atoms with Crippen molar-refractivity contribution in [3.8, 4) is 35.3 Å². The second kappa shape index (κ2) is 25.9. The van der Waals surface area contributed by atoms with Crippen molar-refractivity contribution in [2.24, 2.45) is 0 Å². The number of hydrogen-bond donors (Lipinski definition) is 1. The number of benzene rings is 2. The highest BCUT2D eigenvalue weighted by molar-refractivity contribution is 6.34. The molecule has 474 valence electrons. The number of carbonyl (C=O) groups excluding carboxylic acids is 1. The van der Waals surface area contributed by atoms with Gasteiger partial charge >= 0.3 is 18.1 Å². The van der Waals surface area contributed by atoms with Crippen LogP contribution < -0.4 is 28.7 Å². The van der Waals surface area contributed by atoms with E-state index < -0.39 is 17.2 Å². The number of nitrogens with zero attached hydrogens (tertiary/aromatic N) is 14. The number of carbonyl (C=O) groups is 1. The number of halogens is 4. The molecule has 0 saturated carbocycles. The molecule has 89 heavy (non-hydrogen) atoms. The second-order valence-corrected chi connectivity index (χ2v) is 25.0. The van der Waals surface area contributed by atoms with Crippen LogP contribution >= 0.6 is 23.2 Å². The van der Waals surface area contributed by atoms with E-state index in [1.807, 2.05) is 60.8 Å². The highest BCUT2D eigenvalue weighted by Gasteiger charge is 2.37. The number of piperidine rings is 1. The SMILES string of the molecule is CO[C@@H]1CN(C)C[C@H]1Oc1nc(N2CCCCC2)c2cc(C)nc(Oc3c(Cl)c(F)cc4[nH]ncc34)c2n1.CO[C@@H]1CN(C)C[C@H]1Oc1nc(N2CCN(C(=O)OC(C)(C)C)CC2)c2cc(C)nc(Oc3c(Cl)c(F)cc4c3cnn4C3CCCCO3)c2n1. The van der Waals surface area contributed by atoms with Gasteiger partial charge in [0.1, 0.15) is 74.4 Å². The number of H-pyrrole nitrogens is 1. The Labute approximate surface area is 522 Å². The van der Waals surface area contributed by atoms with E-state index in [0.717, 1.165) is 62.9 Å². The van der Waals surface area contributed by atoms with Gasteiger partial charge in [0.15, 0.2) is 17.7 Å². The maximum atomic E-state index is 15.5. The Hall–Kier alpha value is -7.33. The van der Waals surface area contributed by atoms with Crippen LogP contribution in [0.1, 0.15) is 76.9 Å². The van der Waals surface area contributed by atoms with Crippen molar-refractivity contribution in [2.45, 2.75) is 109 Å². The summed E-state index contributed by atoms with van der Waals surface area (Å²) in [4.78, 5) is 51.9. The van der Waals surface area contributed by atoms with E-state index >= 15 is 4.39 Å². The van der Waals surface area contributed by atoms with Crippen LogP contribution in [0.4, 0.5) is 25.2 Å². The number of piperazine rings is 1. The fraction of sp³-hybridized carbons (Fsp3) is 0.525. The number of aromatic nitrogens is 10. The molecule has 0 spiro atoms. The first kappa shape index (κ1) is 61.9. The Morgan fingerprint density at radius 3 is 1.72 bits per heavy atom. The summed E-state index contributed by atoms with van der Waals surface area (Å²) in [5, 5.41) is 13.4. The van der Waals surface area contributed by atoms with Crippen LogP contribution in [0.2, 0.25) is 10.0 Å². The highest BCUT2D eigenvalue weighted by atomic mass is 35.5. The Bertz CT molecular complexity index is 3910. The van der Waals surface area contributed by atoms with Gasteiger partial charge in [-0.3, -0.25) is 14.9 Å². The topological polar surface area (TPSA) is 231 Å². The van der Waals surface area contributed by atoms with Crippen LogP contribution in [0.5, 0.6) is 35.3 Å². The molecule has 1 amide bonds. The van der Waals surface area contributed by atoms with Crippen molar-refractivity contribution in [1.82, 2.24) is 64.6 Å². The molecule has 1 unspecified atom stereocenters. The number of anilines is 2. The minimum absolute atomic E-state index is 0.0681. The predicted octanol–water partition coefficient (Wildman–Crippen LogP) is 10.2. The number of amides is 1. The molecule has 5 aliphatic heterocycles. The molecule has 6 aromatic heterocycles. The number of ether oxygens (including phenoxy) is 8.